The molecule has 0 fully saturated rings. The van der Waals surface area contributed by atoms with E-state index in [1.54, 1.807) is 24.3 Å². The molecule has 1 aromatic carbocycles. The van der Waals surface area contributed by atoms with Gasteiger partial charge in [0.2, 0.25) is 0 Å². The first-order valence-electron chi connectivity index (χ1n) is 14.0. The van der Waals surface area contributed by atoms with Crippen molar-refractivity contribution in [2.75, 3.05) is 19.8 Å². The van der Waals surface area contributed by atoms with Crippen LogP contribution in [-0.4, -0.2) is 66.1 Å². The summed E-state index contributed by atoms with van der Waals surface area (Å²) >= 11 is 0. The molecular weight excluding hydrogens is 541 g/mol. The van der Waals surface area contributed by atoms with Gasteiger partial charge in [0, 0.05) is 72.9 Å². The van der Waals surface area contributed by atoms with Crippen molar-refractivity contribution in [1.29, 1.82) is 0 Å². The molecule has 2 aromatic heterocycles. The number of ether oxygens (including phenoxy) is 3. The molecule has 11 heteroatoms. The molecule has 0 unspecified atom stereocenters. The molecule has 0 saturated carbocycles. The number of hydrogen-bond acceptors (Lipinski definition) is 6. The van der Waals surface area contributed by atoms with Crippen molar-refractivity contribution in [1.82, 2.24) is 19.1 Å². The van der Waals surface area contributed by atoms with Crippen LogP contribution in [0.1, 0.15) is 22.0 Å². The molecule has 0 bridgehead atoms. The standard InChI is InChI=1S/C29H46N4O5Si2/c1-39(2,3)17-15-36-22-32-13-11-30-27(32)19-24(21-38-26-9-7-25(8-10-26)29(34)35)20-28-31-12-14-33(28)23-37-16-18-40(4,5)6/h7-14,24H,15-23H2,1-6H3,(H,34,35). The van der Waals surface area contributed by atoms with E-state index in [9.17, 15) is 9.90 Å². The third-order valence-corrected chi connectivity index (χ3v) is 9.99. The van der Waals surface area contributed by atoms with Crippen LogP contribution in [0.5, 0.6) is 5.75 Å². The first-order valence-corrected chi connectivity index (χ1v) is 21.4. The summed E-state index contributed by atoms with van der Waals surface area (Å²) in [6, 6.07) is 8.75. The zero-order chi connectivity index (χ0) is 29.2. The van der Waals surface area contributed by atoms with Crippen LogP contribution in [-0.2, 0) is 35.8 Å². The Balaban J connectivity index is 1.67. The summed E-state index contributed by atoms with van der Waals surface area (Å²) in [5, 5.41) is 9.19. The Morgan fingerprint density at radius 1 is 0.825 bits per heavy atom. The van der Waals surface area contributed by atoms with E-state index in [-0.39, 0.29) is 11.5 Å². The molecule has 3 rings (SSSR count). The number of carboxylic acids is 1. The maximum Gasteiger partial charge on any atom is 0.335 e. The molecule has 0 radical (unpaired) electrons. The highest BCUT2D eigenvalue weighted by Crippen LogP contribution is 2.19. The first kappa shape index (κ1) is 31.8. The van der Waals surface area contributed by atoms with Gasteiger partial charge in [-0.3, -0.25) is 0 Å². The van der Waals surface area contributed by atoms with E-state index in [1.165, 1.54) is 0 Å². The number of nitrogens with zero attached hydrogens (tertiary/aromatic N) is 4. The molecule has 0 saturated heterocycles. The molecule has 0 aliphatic rings. The number of benzene rings is 1. The Kier molecular flexibility index (Phi) is 11.7. The fraction of sp³-hybridized carbons (Fsp3) is 0.552. The van der Waals surface area contributed by atoms with Gasteiger partial charge in [0.15, 0.2) is 0 Å². The molecule has 3 aromatic rings. The Morgan fingerprint density at radius 2 is 1.30 bits per heavy atom. The highest BCUT2D eigenvalue weighted by Gasteiger charge is 2.19. The largest absolute Gasteiger partial charge is 0.493 e. The summed E-state index contributed by atoms with van der Waals surface area (Å²) in [5.74, 6) is 1.62. The fourth-order valence-corrected chi connectivity index (χ4v) is 5.51. The van der Waals surface area contributed by atoms with E-state index in [0.29, 0.717) is 38.7 Å². The average Bonchev–Trinajstić information content (AvgIpc) is 3.51. The number of aromatic nitrogens is 4. The number of carboxylic acid groups (broad SMARTS) is 1. The number of aromatic carboxylic acids is 1. The van der Waals surface area contributed by atoms with Crippen LogP contribution in [0.25, 0.3) is 0 Å². The smallest absolute Gasteiger partial charge is 0.335 e. The van der Waals surface area contributed by atoms with E-state index in [1.807, 2.05) is 24.8 Å². The average molecular weight is 587 g/mol. The molecule has 9 nitrogen and oxygen atoms in total. The predicted molar refractivity (Wildman–Crippen MR) is 162 cm³/mol. The van der Waals surface area contributed by atoms with Crippen LogP contribution in [0.15, 0.2) is 49.1 Å². The van der Waals surface area contributed by atoms with Crippen molar-refractivity contribution in [2.45, 2.75) is 77.7 Å². The lowest BCUT2D eigenvalue weighted by molar-refractivity contribution is 0.0696. The second kappa shape index (κ2) is 14.8. The minimum absolute atomic E-state index is 0.0745. The number of hydrogen-bond donors (Lipinski definition) is 1. The molecule has 0 spiro atoms. The zero-order valence-electron chi connectivity index (χ0n) is 24.9. The van der Waals surface area contributed by atoms with Crippen LogP contribution < -0.4 is 4.74 Å². The summed E-state index contributed by atoms with van der Waals surface area (Å²) in [6.45, 7) is 17.0. The van der Waals surface area contributed by atoms with Gasteiger partial charge in [-0.05, 0) is 36.4 Å². The van der Waals surface area contributed by atoms with Crippen molar-refractivity contribution in [2.24, 2.45) is 5.92 Å². The maximum absolute atomic E-state index is 11.2. The zero-order valence-corrected chi connectivity index (χ0v) is 26.9. The Labute approximate surface area is 240 Å². The molecule has 0 aliphatic heterocycles. The van der Waals surface area contributed by atoms with Crippen LogP contribution in [0.4, 0.5) is 0 Å². The van der Waals surface area contributed by atoms with Crippen LogP contribution in [0, 0.1) is 5.92 Å². The fourth-order valence-electron chi connectivity index (χ4n) is 3.99. The second-order valence-electron chi connectivity index (χ2n) is 12.7. The molecule has 1 N–H and O–H groups in total. The Bertz CT molecular complexity index is 1120. The lowest BCUT2D eigenvalue weighted by atomic mass is 10.0. The van der Waals surface area contributed by atoms with Gasteiger partial charge in [0.05, 0.1) is 12.2 Å². The molecular formula is C29H46N4O5Si2. The molecule has 220 valence electrons. The Hall–Kier alpha value is -2.74. The third kappa shape index (κ3) is 11.4. The van der Waals surface area contributed by atoms with Crippen LogP contribution >= 0.6 is 0 Å². The van der Waals surface area contributed by atoms with E-state index in [2.05, 4.69) is 58.4 Å². The van der Waals surface area contributed by atoms with Crippen molar-refractivity contribution < 1.29 is 24.1 Å². The first-order chi connectivity index (χ1) is 18.9. The molecule has 0 amide bonds. The SMILES string of the molecule is C[Si](C)(C)CCOCn1ccnc1CC(COc1ccc(C(=O)O)cc1)Cc1nccn1COCC[Si](C)(C)C. The van der Waals surface area contributed by atoms with Gasteiger partial charge in [-0.1, -0.05) is 39.3 Å². The number of imidazole rings is 2. The summed E-state index contributed by atoms with van der Waals surface area (Å²) < 4.78 is 22.2. The predicted octanol–water partition coefficient (Wildman–Crippen LogP) is 5.88. The van der Waals surface area contributed by atoms with Gasteiger partial charge < -0.3 is 28.5 Å². The highest BCUT2D eigenvalue weighted by molar-refractivity contribution is 6.76. The lowest BCUT2D eigenvalue weighted by Gasteiger charge is -2.20. The summed E-state index contributed by atoms with van der Waals surface area (Å²) in [6.07, 6.45) is 8.90. The molecule has 0 atom stereocenters. The van der Waals surface area contributed by atoms with Crippen molar-refractivity contribution in [3.63, 3.8) is 0 Å². The second-order valence-corrected chi connectivity index (χ2v) is 24.0. The van der Waals surface area contributed by atoms with Gasteiger partial charge in [0.25, 0.3) is 0 Å². The Morgan fingerprint density at radius 3 is 1.73 bits per heavy atom. The lowest BCUT2D eigenvalue weighted by Crippen LogP contribution is -2.24. The van der Waals surface area contributed by atoms with Crippen molar-refractivity contribution in [3.8, 4) is 5.75 Å². The summed E-state index contributed by atoms with van der Waals surface area (Å²) in [4.78, 5) is 20.5. The minimum atomic E-state index is -1.15. The van der Waals surface area contributed by atoms with Crippen molar-refractivity contribution in [3.05, 3.63) is 66.3 Å². The quantitative estimate of drug-likeness (QED) is 0.147. The van der Waals surface area contributed by atoms with E-state index >= 15 is 0 Å². The topological polar surface area (TPSA) is 101 Å². The highest BCUT2D eigenvalue weighted by atomic mass is 28.3. The monoisotopic (exact) mass is 586 g/mol. The number of carbonyl (C=O) groups is 1. The molecule has 40 heavy (non-hydrogen) atoms. The van der Waals surface area contributed by atoms with Gasteiger partial charge in [-0.15, -0.1) is 0 Å². The van der Waals surface area contributed by atoms with Crippen LogP contribution in [0.2, 0.25) is 51.4 Å². The van der Waals surface area contributed by atoms with E-state index in [4.69, 9.17) is 14.2 Å². The van der Waals surface area contributed by atoms with Gasteiger partial charge in [0.1, 0.15) is 30.9 Å². The minimum Gasteiger partial charge on any atom is -0.493 e. The molecule has 0 aliphatic carbocycles. The normalized spacial score (nSPS) is 12.3. The molecule has 2 heterocycles. The van der Waals surface area contributed by atoms with Crippen molar-refractivity contribution >= 4 is 22.1 Å². The maximum atomic E-state index is 11.2. The van der Waals surface area contributed by atoms with Gasteiger partial charge >= 0.3 is 5.97 Å². The number of rotatable bonds is 18. The van der Waals surface area contributed by atoms with Crippen LogP contribution in [0.3, 0.4) is 0 Å². The van der Waals surface area contributed by atoms with E-state index < -0.39 is 22.1 Å². The van der Waals surface area contributed by atoms with Gasteiger partial charge in [-0.25, -0.2) is 14.8 Å². The summed E-state index contributed by atoms with van der Waals surface area (Å²) in [5.41, 5.74) is 0.233. The van der Waals surface area contributed by atoms with Gasteiger partial charge in [-0.2, -0.15) is 0 Å². The third-order valence-electron chi connectivity index (χ3n) is 6.59. The summed E-state index contributed by atoms with van der Waals surface area (Å²) in [7, 11) is -2.30. The van der Waals surface area contributed by atoms with E-state index in [0.717, 1.165) is 37.0 Å².